The number of hydrogen-bond donors (Lipinski definition) is 1. The van der Waals surface area contributed by atoms with Gasteiger partial charge in [0.05, 0.1) is 6.54 Å². The normalized spacial score (nSPS) is 10.8. The Morgan fingerprint density at radius 2 is 1.32 bits per heavy atom. The summed E-state index contributed by atoms with van der Waals surface area (Å²) in [5, 5.41) is 0. The second kappa shape index (κ2) is 12.4. The van der Waals surface area contributed by atoms with E-state index in [1.807, 2.05) is 12.1 Å². The Morgan fingerprint density at radius 3 is 1.82 bits per heavy atom. The fraction of sp³-hybridized carbons (Fsp3) is 0.650. The molecular weight excluding hydrogens is 270 g/mol. The molecule has 1 rings (SSSR count). The molecule has 0 spiro atoms. The highest BCUT2D eigenvalue weighted by atomic mass is 16.1. The quantitative estimate of drug-likeness (QED) is 0.397. The number of hydrogen-bond acceptors (Lipinski definition) is 2. The van der Waals surface area contributed by atoms with E-state index < -0.39 is 0 Å². The van der Waals surface area contributed by atoms with Crippen LogP contribution in [0.2, 0.25) is 0 Å². The number of benzene rings is 1. The Labute approximate surface area is 136 Å². The van der Waals surface area contributed by atoms with Gasteiger partial charge in [0.15, 0.2) is 5.78 Å². The van der Waals surface area contributed by atoms with E-state index in [1.54, 1.807) is 0 Å². The summed E-state index contributed by atoms with van der Waals surface area (Å²) in [7, 11) is 0. The number of unbranched alkanes of at least 4 members (excludes halogenated alkanes) is 9. The van der Waals surface area contributed by atoms with Crippen molar-refractivity contribution in [2.24, 2.45) is 5.73 Å². The van der Waals surface area contributed by atoms with Crippen LogP contribution >= 0.6 is 0 Å². The van der Waals surface area contributed by atoms with E-state index in [4.69, 9.17) is 5.73 Å². The van der Waals surface area contributed by atoms with Gasteiger partial charge in [0.1, 0.15) is 0 Å². The number of aryl methyl sites for hydroxylation is 1. The van der Waals surface area contributed by atoms with Crippen LogP contribution in [0.5, 0.6) is 0 Å². The first-order valence-corrected chi connectivity index (χ1v) is 9.10. The average molecular weight is 303 g/mol. The molecule has 2 nitrogen and oxygen atoms in total. The van der Waals surface area contributed by atoms with Crippen molar-refractivity contribution in [2.45, 2.75) is 77.6 Å². The monoisotopic (exact) mass is 303 g/mol. The molecule has 0 atom stereocenters. The molecular formula is C20H33NO. The van der Waals surface area contributed by atoms with E-state index in [1.165, 1.54) is 69.8 Å². The number of nitrogens with two attached hydrogens (primary N) is 1. The molecule has 0 radical (unpaired) electrons. The van der Waals surface area contributed by atoms with Gasteiger partial charge in [0, 0.05) is 5.56 Å². The topological polar surface area (TPSA) is 43.1 Å². The highest BCUT2D eigenvalue weighted by molar-refractivity contribution is 5.97. The van der Waals surface area contributed by atoms with Crippen molar-refractivity contribution in [3.63, 3.8) is 0 Å². The van der Waals surface area contributed by atoms with Crippen molar-refractivity contribution in [1.29, 1.82) is 0 Å². The zero-order valence-corrected chi connectivity index (χ0v) is 14.3. The van der Waals surface area contributed by atoms with Gasteiger partial charge >= 0.3 is 0 Å². The molecule has 0 aliphatic carbocycles. The molecule has 0 aromatic heterocycles. The van der Waals surface area contributed by atoms with Crippen molar-refractivity contribution in [3.05, 3.63) is 35.4 Å². The predicted molar refractivity (Wildman–Crippen MR) is 95.4 cm³/mol. The molecule has 0 saturated carbocycles. The SMILES string of the molecule is CCCCCCCCCCCCc1ccc(C(=O)CN)cc1. The van der Waals surface area contributed by atoms with Crippen LogP contribution in [-0.4, -0.2) is 12.3 Å². The highest BCUT2D eigenvalue weighted by Crippen LogP contribution is 2.13. The van der Waals surface area contributed by atoms with Gasteiger partial charge in [-0.2, -0.15) is 0 Å². The molecule has 0 aliphatic rings. The van der Waals surface area contributed by atoms with Crippen molar-refractivity contribution in [1.82, 2.24) is 0 Å². The van der Waals surface area contributed by atoms with Gasteiger partial charge in [-0.25, -0.2) is 0 Å². The average Bonchev–Trinajstić information content (AvgIpc) is 2.56. The summed E-state index contributed by atoms with van der Waals surface area (Å²) >= 11 is 0. The molecule has 1 aromatic carbocycles. The third kappa shape index (κ3) is 8.33. The molecule has 124 valence electrons. The Bertz CT molecular complexity index is 397. The van der Waals surface area contributed by atoms with E-state index in [-0.39, 0.29) is 12.3 Å². The van der Waals surface area contributed by atoms with E-state index in [0.717, 1.165) is 12.0 Å². The van der Waals surface area contributed by atoms with Gasteiger partial charge in [-0.15, -0.1) is 0 Å². The van der Waals surface area contributed by atoms with E-state index >= 15 is 0 Å². The summed E-state index contributed by atoms with van der Waals surface area (Å²) in [5.74, 6) is 0.0190. The lowest BCUT2D eigenvalue weighted by molar-refractivity contribution is 0.100. The fourth-order valence-corrected chi connectivity index (χ4v) is 2.79. The zero-order valence-electron chi connectivity index (χ0n) is 14.3. The minimum Gasteiger partial charge on any atom is -0.324 e. The van der Waals surface area contributed by atoms with Gasteiger partial charge in [0.2, 0.25) is 0 Å². The molecule has 2 N–H and O–H groups in total. The number of ketones is 1. The molecule has 1 aromatic rings. The number of rotatable bonds is 13. The second-order valence-electron chi connectivity index (χ2n) is 6.26. The lowest BCUT2D eigenvalue weighted by Gasteiger charge is -2.04. The summed E-state index contributed by atoms with van der Waals surface area (Å²) in [5.41, 5.74) is 7.42. The molecule has 0 amide bonds. The smallest absolute Gasteiger partial charge is 0.176 e. The van der Waals surface area contributed by atoms with Crippen molar-refractivity contribution < 1.29 is 4.79 Å². The lowest BCUT2D eigenvalue weighted by Crippen LogP contribution is -2.13. The van der Waals surface area contributed by atoms with Crippen LogP contribution in [0.4, 0.5) is 0 Å². The molecule has 2 heteroatoms. The maximum atomic E-state index is 11.4. The summed E-state index contributed by atoms with van der Waals surface area (Å²) in [4.78, 5) is 11.4. The summed E-state index contributed by atoms with van der Waals surface area (Å²) in [6, 6.07) is 7.94. The number of carbonyl (C=O) groups is 1. The molecule has 0 bridgehead atoms. The van der Waals surface area contributed by atoms with E-state index in [0.29, 0.717) is 0 Å². The second-order valence-corrected chi connectivity index (χ2v) is 6.26. The van der Waals surface area contributed by atoms with Crippen LogP contribution in [0.1, 0.15) is 87.1 Å². The van der Waals surface area contributed by atoms with Crippen LogP contribution in [0.3, 0.4) is 0 Å². The summed E-state index contributed by atoms with van der Waals surface area (Å²) in [6.07, 6.45) is 14.8. The fourth-order valence-electron chi connectivity index (χ4n) is 2.79. The van der Waals surface area contributed by atoms with Gasteiger partial charge in [-0.05, 0) is 18.4 Å². The molecule has 0 fully saturated rings. The van der Waals surface area contributed by atoms with Gasteiger partial charge in [-0.1, -0.05) is 89.0 Å². The van der Waals surface area contributed by atoms with Gasteiger partial charge in [-0.3, -0.25) is 4.79 Å². The molecule has 0 heterocycles. The minimum atomic E-state index is 0.0190. The van der Waals surface area contributed by atoms with Crippen LogP contribution in [0, 0.1) is 0 Å². The summed E-state index contributed by atoms with van der Waals surface area (Å²) in [6.45, 7) is 2.36. The molecule has 0 aliphatic heterocycles. The molecule has 22 heavy (non-hydrogen) atoms. The standard InChI is InChI=1S/C20H33NO/c1-2-3-4-5-6-7-8-9-10-11-12-18-13-15-19(16-14-18)20(22)17-21/h13-16H,2-12,17,21H2,1H3. The highest BCUT2D eigenvalue weighted by Gasteiger charge is 2.02. The van der Waals surface area contributed by atoms with Gasteiger partial charge < -0.3 is 5.73 Å². The summed E-state index contributed by atoms with van der Waals surface area (Å²) < 4.78 is 0. The van der Waals surface area contributed by atoms with Crippen molar-refractivity contribution in [2.75, 3.05) is 6.54 Å². The largest absolute Gasteiger partial charge is 0.324 e. The first kappa shape index (κ1) is 18.9. The van der Waals surface area contributed by atoms with Gasteiger partial charge in [0.25, 0.3) is 0 Å². The van der Waals surface area contributed by atoms with Crippen LogP contribution in [-0.2, 0) is 6.42 Å². The van der Waals surface area contributed by atoms with Crippen LogP contribution in [0.15, 0.2) is 24.3 Å². The first-order valence-electron chi connectivity index (χ1n) is 9.10. The third-order valence-electron chi connectivity index (χ3n) is 4.28. The van der Waals surface area contributed by atoms with E-state index in [9.17, 15) is 4.79 Å². The Kier molecular flexibility index (Phi) is 10.7. The lowest BCUT2D eigenvalue weighted by atomic mass is 10.0. The first-order chi connectivity index (χ1) is 10.8. The van der Waals surface area contributed by atoms with Crippen molar-refractivity contribution >= 4 is 5.78 Å². The minimum absolute atomic E-state index is 0.0190. The Morgan fingerprint density at radius 1 is 0.818 bits per heavy atom. The predicted octanol–water partition coefficient (Wildman–Crippen LogP) is 5.29. The maximum Gasteiger partial charge on any atom is 0.176 e. The van der Waals surface area contributed by atoms with E-state index in [2.05, 4.69) is 19.1 Å². The third-order valence-corrected chi connectivity index (χ3v) is 4.28. The Hall–Kier alpha value is -1.15. The molecule has 0 saturated heterocycles. The van der Waals surface area contributed by atoms with Crippen LogP contribution in [0.25, 0.3) is 0 Å². The molecule has 0 unspecified atom stereocenters. The van der Waals surface area contributed by atoms with Crippen LogP contribution < -0.4 is 5.73 Å². The number of Topliss-reactive ketones (excluding diaryl/α,β-unsaturated/α-hetero) is 1. The maximum absolute atomic E-state index is 11.4. The Balaban J connectivity index is 2.01. The zero-order chi connectivity index (χ0) is 16.0. The number of carbonyl (C=O) groups excluding carboxylic acids is 1. The van der Waals surface area contributed by atoms with Crippen molar-refractivity contribution in [3.8, 4) is 0 Å².